The first-order valence-electron chi connectivity index (χ1n) is 7.41. The third kappa shape index (κ3) is 2.59. The van der Waals surface area contributed by atoms with E-state index in [1.54, 1.807) is 37.1 Å². The van der Waals surface area contributed by atoms with Gasteiger partial charge in [0, 0.05) is 49.5 Å². The number of nitrogens with zero attached hydrogens (tertiary/aromatic N) is 6. The third-order valence-electron chi connectivity index (χ3n) is 3.96. The van der Waals surface area contributed by atoms with Gasteiger partial charge in [-0.3, -0.25) is 14.2 Å². The average Bonchev–Trinajstić information content (AvgIpc) is 3.24. The average molecular weight is 309 g/mol. The second-order valence-electron chi connectivity index (χ2n) is 5.45. The summed E-state index contributed by atoms with van der Waals surface area (Å²) < 4.78 is 1.84. The zero-order chi connectivity index (χ0) is 15.6. The largest absolute Gasteiger partial charge is 0.351 e. The number of carbonyl (C=O) groups excluding carboxylic acids is 1. The molecule has 1 N–H and O–H groups in total. The summed E-state index contributed by atoms with van der Waals surface area (Å²) in [6, 6.07) is 3.50. The molecule has 0 bridgehead atoms. The van der Waals surface area contributed by atoms with E-state index in [4.69, 9.17) is 0 Å². The Morgan fingerprint density at radius 1 is 1.26 bits per heavy atom. The summed E-state index contributed by atoms with van der Waals surface area (Å²) in [5, 5.41) is 11.1. The van der Waals surface area contributed by atoms with Crippen LogP contribution in [0.4, 0.5) is 5.82 Å². The van der Waals surface area contributed by atoms with Crippen LogP contribution in [0.25, 0.3) is 5.65 Å². The molecule has 3 aromatic rings. The molecule has 1 aliphatic rings. The first kappa shape index (κ1) is 13.6. The molecule has 0 unspecified atom stereocenters. The minimum Gasteiger partial charge on any atom is -0.351 e. The summed E-state index contributed by atoms with van der Waals surface area (Å²) >= 11 is 0. The molecule has 1 atom stereocenters. The van der Waals surface area contributed by atoms with E-state index in [0.717, 1.165) is 24.4 Å². The monoisotopic (exact) mass is 309 g/mol. The molecule has 3 aromatic heterocycles. The van der Waals surface area contributed by atoms with E-state index in [-0.39, 0.29) is 11.9 Å². The molecule has 4 heterocycles. The number of amides is 1. The molecular formula is C15H15N7O. The number of pyridine rings is 1. The Morgan fingerprint density at radius 3 is 3.00 bits per heavy atom. The fraction of sp³-hybridized carbons (Fsp3) is 0.267. The maximum Gasteiger partial charge on any atom is 0.251 e. The van der Waals surface area contributed by atoms with Crippen molar-refractivity contribution in [1.82, 2.24) is 29.9 Å². The van der Waals surface area contributed by atoms with Crippen molar-refractivity contribution in [2.75, 3.05) is 18.0 Å². The fourth-order valence-corrected chi connectivity index (χ4v) is 2.81. The minimum absolute atomic E-state index is 0.0760. The van der Waals surface area contributed by atoms with Gasteiger partial charge in [-0.05, 0) is 18.6 Å². The second-order valence-corrected chi connectivity index (χ2v) is 5.45. The van der Waals surface area contributed by atoms with Gasteiger partial charge in [-0.25, -0.2) is 4.98 Å². The second kappa shape index (κ2) is 5.64. The lowest BCUT2D eigenvalue weighted by molar-refractivity contribution is 0.0940. The van der Waals surface area contributed by atoms with E-state index in [0.29, 0.717) is 12.1 Å². The molecule has 116 valence electrons. The predicted octanol–water partition coefficient (Wildman–Crippen LogP) is 0.528. The van der Waals surface area contributed by atoms with E-state index in [1.165, 1.54) is 0 Å². The molecule has 4 rings (SSSR count). The first-order valence-corrected chi connectivity index (χ1v) is 7.41. The van der Waals surface area contributed by atoms with Gasteiger partial charge in [0.05, 0.1) is 0 Å². The summed E-state index contributed by atoms with van der Waals surface area (Å²) in [6.07, 6.45) is 9.30. The molecule has 0 aromatic carbocycles. The Morgan fingerprint density at radius 2 is 2.13 bits per heavy atom. The van der Waals surface area contributed by atoms with Gasteiger partial charge in [-0.2, -0.15) is 0 Å². The maximum atomic E-state index is 12.2. The van der Waals surface area contributed by atoms with Crippen molar-refractivity contribution in [3.63, 3.8) is 0 Å². The van der Waals surface area contributed by atoms with Crippen LogP contribution in [0.2, 0.25) is 0 Å². The zero-order valence-electron chi connectivity index (χ0n) is 12.3. The number of nitrogens with one attached hydrogen (secondary N) is 1. The number of hydrogen-bond donors (Lipinski definition) is 1. The lowest BCUT2D eigenvalue weighted by atomic mass is 10.2. The zero-order valence-corrected chi connectivity index (χ0v) is 12.3. The Hall–Kier alpha value is -3.03. The standard InChI is InChI=1S/C15H15N7O/c23-15(11-1-4-16-5-2-11)19-12-3-7-21(9-12)13-14-20-18-10-22(14)8-6-17-13/h1-2,4-6,8,10,12H,3,7,9H2,(H,19,23)/t12-/m1/s1. The van der Waals surface area contributed by atoms with E-state index < -0.39 is 0 Å². The number of aromatic nitrogens is 5. The molecule has 0 radical (unpaired) electrons. The van der Waals surface area contributed by atoms with Crippen LogP contribution in [0.3, 0.4) is 0 Å². The number of carbonyl (C=O) groups is 1. The van der Waals surface area contributed by atoms with Crippen LogP contribution >= 0.6 is 0 Å². The Labute approximate surface area is 132 Å². The van der Waals surface area contributed by atoms with Gasteiger partial charge >= 0.3 is 0 Å². The lowest BCUT2D eigenvalue weighted by Gasteiger charge is -2.18. The normalized spacial score (nSPS) is 17.6. The van der Waals surface area contributed by atoms with Crippen molar-refractivity contribution in [2.45, 2.75) is 12.5 Å². The molecule has 1 aliphatic heterocycles. The van der Waals surface area contributed by atoms with Crippen molar-refractivity contribution in [2.24, 2.45) is 0 Å². The molecule has 23 heavy (non-hydrogen) atoms. The summed E-state index contributed by atoms with van der Waals surface area (Å²) in [5.41, 5.74) is 1.35. The van der Waals surface area contributed by atoms with E-state index >= 15 is 0 Å². The smallest absolute Gasteiger partial charge is 0.251 e. The van der Waals surface area contributed by atoms with Crippen molar-refractivity contribution in [3.05, 3.63) is 48.8 Å². The van der Waals surface area contributed by atoms with Gasteiger partial charge in [-0.1, -0.05) is 0 Å². The highest BCUT2D eigenvalue weighted by Gasteiger charge is 2.26. The van der Waals surface area contributed by atoms with E-state index in [1.807, 2.05) is 10.6 Å². The van der Waals surface area contributed by atoms with Gasteiger partial charge in [-0.15, -0.1) is 10.2 Å². The summed E-state index contributed by atoms with van der Waals surface area (Å²) in [5.74, 6) is 0.721. The van der Waals surface area contributed by atoms with Crippen molar-refractivity contribution < 1.29 is 4.79 Å². The van der Waals surface area contributed by atoms with Crippen LogP contribution in [0.5, 0.6) is 0 Å². The van der Waals surface area contributed by atoms with Crippen molar-refractivity contribution >= 4 is 17.4 Å². The van der Waals surface area contributed by atoms with Gasteiger partial charge < -0.3 is 10.2 Å². The van der Waals surface area contributed by atoms with Crippen LogP contribution in [0.15, 0.2) is 43.2 Å². The number of hydrogen-bond acceptors (Lipinski definition) is 6. The van der Waals surface area contributed by atoms with Crippen molar-refractivity contribution in [1.29, 1.82) is 0 Å². The first-order chi connectivity index (χ1) is 11.3. The Balaban J connectivity index is 1.47. The number of anilines is 1. The van der Waals surface area contributed by atoms with Gasteiger partial charge in [0.25, 0.3) is 5.91 Å². The predicted molar refractivity (Wildman–Crippen MR) is 83.1 cm³/mol. The molecule has 1 amide bonds. The third-order valence-corrected chi connectivity index (χ3v) is 3.96. The highest BCUT2D eigenvalue weighted by Crippen LogP contribution is 2.21. The number of rotatable bonds is 3. The Bertz CT molecular complexity index is 832. The molecule has 8 nitrogen and oxygen atoms in total. The minimum atomic E-state index is -0.0760. The number of fused-ring (bicyclic) bond motifs is 1. The molecule has 0 saturated carbocycles. The van der Waals surface area contributed by atoms with E-state index in [9.17, 15) is 4.79 Å². The van der Waals surface area contributed by atoms with Crippen LogP contribution in [0, 0.1) is 0 Å². The molecule has 8 heteroatoms. The van der Waals surface area contributed by atoms with Gasteiger partial charge in [0.1, 0.15) is 6.33 Å². The lowest BCUT2D eigenvalue weighted by Crippen LogP contribution is -2.37. The van der Waals surface area contributed by atoms with Crippen LogP contribution in [0.1, 0.15) is 16.8 Å². The molecule has 1 fully saturated rings. The summed E-state index contributed by atoms with van der Waals surface area (Å²) in [7, 11) is 0. The topological polar surface area (TPSA) is 88.3 Å². The highest BCUT2D eigenvalue weighted by molar-refractivity contribution is 5.94. The summed E-state index contributed by atoms with van der Waals surface area (Å²) in [4.78, 5) is 22.7. The maximum absolute atomic E-state index is 12.2. The van der Waals surface area contributed by atoms with Crippen LogP contribution in [-0.2, 0) is 0 Å². The SMILES string of the molecule is O=C(N[C@@H]1CCN(c2nccn3cnnc23)C1)c1ccncc1. The van der Waals surface area contributed by atoms with Crippen molar-refractivity contribution in [3.8, 4) is 0 Å². The molecule has 0 spiro atoms. The Kier molecular flexibility index (Phi) is 3.34. The van der Waals surface area contributed by atoms with E-state index in [2.05, 4.69) is 30.4 Å². The van der Waals surface area contributed by atoms with Crippen LogP contribution < -0.4 is 10.2 Å². The van der Waals surface area contributed by atoms with Crippen LogP contribution in [-0.4, -0.2) is 49.6 Å². The molecule has 0 aliphatic carbocycles. The quantitative estimate of drug-likeness (QED) is 0.759. The van der Waals surface area contributed by atoms with Gasteiger partial charge in [0.2, 0.25) is 5.65 Å². The molecular weight excluding hydrogens is 294 g/mol. The van der Waals surface area contributed by atoms with Gasteiger partial charge in [0.15, 0.2) is 5.82 Å². The fourth-order valence-electron chi connectivity index (χ4n) is 2.81. The summed E-state index contributed by atoms with van der Waals surface area (Å²) in [6.45, 7) is 1.52. The highest BCUT2D eigenvalue weighted by atomic mass is 16.1. The molecule has 1 saturated heterocycles.